The van der Waals surface area contributed by atoms with Crippen LogP contribution in [0.15, 0.2) is 104 Å². The third kappa shape index (κ3) is 12.5. The Hall–Kier alpha value is -2.60. The van der Waals surface area contributed by atoms with Gasteiger partial charge in [-0.1, -0.05) is 124 Å². The van der Waals surface area contributed by atoms with Gasteiger partial charge in [0, 0.05) is 0 Å². The third-order valence-corrected chi connectivity index (χ3v) is 3.31. The average molecular weight is 333 g/mol. The largest absolute Gasteiger partial charge is 0.0991 e. The molecule has 0 aliphatic heterocycles. The molecule has 0 aromatic heterocycles. The zero-order valence-corrected chi connectivity index (χ0v) is 16.2. The molecule has 2 aromatic carbocycles. The Morgan fingerprint density at radius 1 is 0.880 bits per heavy atom. The third-order valence-electron chi connectivity index (χ3n) is 3.31. The molecule has 0 aliphatic rings. The molecule has 0 aliphatic carbocycles. The molecule has 0 saturated carbocycles. The van der Waals surface area contributed by atoms with Gasteiger partial charge in [0.25, 0.3) is 0 Å². The molecule has 0 amide bonds. The van der Waals surface area contributed by atoms with Gasteiger partial charge in [-0.25, -0.2) is 0 Å². The van der Waals surface area contributed by atoms with Crippen LogP contribution in [-0.4, -0.2) is 0 Å². The summed E-state index contributed by atoms with van der Waals surface area (Å²) in [6.07, 6.45) is 9.65. The Bertz CT molecular complexity index is 628. The second-order valence-corrected chi connectivity index (χ2v) is 5.83. The molecule has 132 valence electrons. The minimum atomic E-state index is 0.659. The molecule has 0 N–H and O–H groups in total. The number of hydrogen-bond acceptors (Lipinski definition) is 0. The number of hydrogen-bond donors (Lipinski definition) is 0. The predicted octanol–water partition coefficient (Wildman–Crippen LogP) is 7.83. The first-order valence-electron chi connectivity index (χ1n) is 8.69. The van der Waals surface area contributed by atoms with E-state index in [1.54, 1.807) is 6.08 Å². The van der Waals surface area contributed by atoms with Crippen molar-refractivity contribution in [2.45, 2.75) is 33.6 Å². The second-order valence-electron chi connectivity index (χ2n) is 5.83. The molecular weight excluding hydrogens is 300 g/mol. The molecule has 0 heterocycles. The van der Waals surface area contributed by atoms with Crippen molar-refractivity contribution in [2.75, 3.05) is 0 Å². The summed E-state index contributed by atoms with van der Waals surface area (Å²) >= 11 is 0. The number of allylic oxidation sites excluding steroid dienone is 5. The van der Waals surface area contributed by atoms with E-state index in [4.69, 9.17) is 0 Å². The van der Waals surface area contributed by atoms with E-state index in [2.05, 4.69) is 51.3 Å². The van der Waals surface area contributed by atoms with Gasteiger partial charge >= 0.3 is 0 Å². The van der Waals surface area contributed by atoms with E-state index in [1.165, 1.54) is 16.7 Å². The summed E-state index contributed by atoms with van der Waals surface area (Å²) in [7, 11) is 0. The first-order chi connectivity index (χ1) is 12.0. The van der Waals surface area contributed by atoms with Crippen LogP contribution in [0.25, 0.3) is 6.08 Å². The molecule has 0 unspecified atom stereocenters. The van der Waals surface area contributed by atoms with Crippen LogP contribution >= 0.6 is 0 Å². The van der Waals surface area contributed by atoms with Gasteiger partial charge in [-0.15, -0.1) is 0 Å². The maximum atomic E-state index is 3.63. The van der Waals surface area contributed by atoms with E-state index in [0.29, 0.717) is 5.92 Å². The van der Waals surface area contributed by atoms with Crippen molar-refractivity contribution in [3.05, 3.63) is 115 Å². The van der Waals surface area contributed by atoms with Crippen molar-refractivity contribution >= 4 is 6.08 Å². The molecule has 0 fully saturated rings. The molecule has 25 heavy (non-hydrogen) atoms. The Morgan fingerprint density at radius 2 is 1.40 bits per heavy atom. The van der Waals surface area contributed by atoms with Gasteiger partial charge in [0.05, 0.1) is 0 Å². The molecule has 0 spiro atoms. The van der Waals surface area contributed by atoms with E-state index < -0.39 is 0 Å². The topological polar surface area (TPSA) is 0 Å². The molecule has 0 bridgehead atoms. The minimum absolute atomic E-state index is 0.659. The monoisotopic (exact) mass is 332 g/mol. The predicted molar refractivity (Wildman–Crippen MR) is 116 cm³/mol. The van der Waals surface area contributed by atoms with Gasteiger partial charge in [0.15, 0.2) is 0 Å². The fourth-order valence-corrected chi connectivity index (χ4v) is 1.93. The normalized spacial score (nSPS) is 10.4. The smallest absolute Gasteiger partial charge is 0.0219 e. The lowest BCUT2D eigenvalue weighted by atomic mass is 10.0. The van der Waals surface area contributed by atoms with E-state index in [-0.39, 0.29) is 0 Å². The summed E-state index contributed by atoms with van der Waals surface area (Å²) in [4.78, 5) is 0. The van der Waals surface area contributed by atoms with Gasteiger partial charge in [-0.3, -0.25) is 0 Å². The highest BCUT2D eigenvalue weighted by Crippen LogP contribution is 2.11. The highest BCUT2D eigenvalue weighted by atomic mass is 14.0. The highest BCUT2D eigenvalue weighted by Gasteiger charge is 1.93. The average Bonchev–Trinajstić information content (AvgIpc) is 2.64. The van der Waals surface area contributed by atoms with E-state index in [9.17, 15) is 0 Å². The SMILES string of the molecule is C=C/C=C(C)\C=C/C.C=Cc1ccccc1.CC(C)c1ccccc1. The summed E-state index contributed by atoms with van der Waals surface area (Å²) < 4.78 is 0. The lowest BCUT2D eigenvalue weighted by Gasteiger charge is -2.01. The lowest BCUT2D eigenvalue weighted by Crippen LogP contribution is -1.83. The fraction of sp³-hybridized carbons (Fsp3) is 0.200. The summed E-state index contributed by atoms with van der Waals surface area (Å²) in [5.74, 6) is 0.659. The van der Waals surface area contributed by atoms with Crippen LogP contribution in [0.3, 0.4) is 0 Å². The Labute approximate surface area is 154 Å². The molecule has 0 heteroatoms. The summed E-state index contributed by atoms with van der Waals surface area (Å²) in [6, 6.07) is 20.5. The van der Waals surface area contributed by atoms with Gasteiger partial charge in [0.2, 0.25) is 0 Å². The second kappa shape index (κ2) is 15.0. The lowest BCUT2D eigenvalue weighted by molar-refractivity contribution is 0.867. The van der Waals surface area contributed by atoms with E-state index in [0.717, 1.165) is 0 Å². The standard InChI is InChI=1S/C9H12.C8H8.C8H12/c1-8(2)9-6-4-3-5-7-9;1-2-8-6-4-3-5-7-8;1-4-6-8(3)7-5-2/h3-8H,1-2H3;2-7H,1H2;4-7H,1H2,2-3H3/b;;7-5-,8-6-. The molecule has 0 saturated heterocycles. The zero-order valence-electron chi connectivity index (χ0n) is 16.2. The fourth-order valence-electron chi connectivity index (χ4n) is 1.93. The molecule has 2 rings (SSSR count). The van der Waals surface area contributed by atoms with Crippen LogP contribution in [0.1, 0.15) is 44.7 Å². The van der Waals surface area contributed by atoms with Crippen molar-refractivity contribution < 1.29 is 0 Å². The van der Waals surface area contributed by atoms with Crippen molar-refractivity contribution in [2.24, 2.45) is 0 Å². The molecule has 0 radical (unpaired) electrons. The quantitative estimate of drug-likeness (QED) is 0.500. The Balaban J connectivity index is 0.000000347. The van der Waals surface area contributed by atoms with Gasteiger partial charge in [-0.05, 0) is 30.9 Å². The number of rotatable bonds is 4. The summed E-state index contributed by atoms with van der Waals surface area (Å²) in [5.41, 5.74) is 3.83. The molecule has 0 nitrogen and oxygen atoms in total. The van der Waals surface area contributed by atoms with Crippen molar-refractivity contribution in [1.29, 1.82) is 0 Å². The molecule has 0 atom stereocenters. The maximum absolute atomic E-state index is 3.63. The van der Waals surface area contributed by atoms with E-state index >= 15 is 0 Å². The highest BCUT2D eigenvalue weighted by molar-refractivity contribution is 5.45. The van der Waals surface area contributed by atoms with Crippen LogP contribution in [0.5, 0.6) is 0 Å². The van der Waals surface area contributed by atoms with Crippen LogP contribution < -0.4 is 0 Å². The maximum Gasteiger partial charge on any atom is -0.0219 e. The zero-order chi connectivity index (χ0) is 18.9. The number of benzene rings is 2. The van der Waals surface area contributed by atoms with Crippen LogP contribution in [0, 0.1) is 0 Å². The van der Waals surface area contributed by atoms with Crippen LogP contribution in [-0.2, 0) is 0 Å². The van der Waals surface area contributed by atoms with E-state index in [1.807, 2.05) is 74.5 Å². The minimum Gasteiger partial charge on any atom is -0.0991 e. The van der Waals surface area contributed by atoms with Crippen molar-refractivity contribution in [3.63, 3.8) is 0 Å². The van der Waals surface area contributed by atoms with Gasteiger partial charge in [-0.2, -0.15) is 0 Å². The Morgan fingerprint density at radius 3 is 1.72 bits per heavy atom. The van der Waals surface area contributed by atoms with Gasteiger partial charge < -0.3 is 0 Å². The Kier molecular flexibility index (Phi) is 13.4. The van der Waals surface area contributed by atoms with Crippen LogP contribution in [0.2, 0.25) is 0 Å². The summed E-state index contributed by atoms with van der Waals surface area (Å²) in [6.45, 7) is 15.7. The molecular formula is C25H32. The first-order valence-corrected chi connectivity index (χ1v) is 8.69. The van der Waals surface area contributed by atoms with Crippen LogP contribution in [0.4, 0.5) is 0 Å². The van der Waals surface area contributed by atoms with Crippen molar-refractivity contribution in [1.82, 2.24) is 0 Å². The summed E-state index contributed by atoms with van der Waals surface area (Å²) in [5, 5.41) is 0. The molecule has 2 aromatic rings. The van der Waals surface area contributed by atoms with Crippen molar-refractivity contribution in [3.8, 4) is 0 Å². The van der Waals surface area contributed by atoms with Gasteiger partial charge in [0.1, 0.15) is 0 Å². The first kappa shape index (κ1) is 22.4.